The van der Waals surface area contributed by atoms with Gasteiger partial charge in [0.25, 0.3) is 0 Å². The van der Waals surface area contributed by atoms with E-state index in [1.54, 1.807) is 10.9 Å². The zero-order valence-electron chi connectivity index (χ0n) is 8.10. The first-order chi connectivity index (χ1) is 7.31. The van der Waals surface area contributed by atoms with Crippen LogP contribution in [0.15, 0.2) is 30.5 Å². The summed E-state index contributed by atoms with van der Waals surface area (Å²) in [5, 5.41) is 8.49. The Balaban J connectivity index is 2.26. The molecule has 0 atom stereocenters. The predicted octanol–water partition coefficient (Wildman–Crippen LogP) is 1.44. The second-order valence-electron chi connectivity index (χ2n) is 3.18. The highest BCUT2D eigenvalue weighted by atomic mass is 35.5. The molecule has 0 aliphatic rings. The minimum Gasteiger partial charge on any atom is -0.325 e. The fraction of sp³-hybridized carbons (Fsp3) is 0.200. The lowest BCUT2D eigenvalue weighted by molar-refractivity contribution is 0.619. The first-order valence-corrected chi connectivity index (χ1v) is 5.00. The monoisotopic (exact) mass is 222 g/mol. The highest BCUT2D eigenvalue weighted by Crippen LogP contribution is 2.16. The van der Waals surface area contributed by atoms with Gasteiger partial charge in [0.1, 0.15) is 0 Å². The summed E-state index contributed by atoms with van der Waals surface area (Å²) in [7, 11) is 0. The molecule has 0 saturated carbocycles. The van der Waals surface area contributed by atoms with Crippen LogP contribution < -0.4 is 5.73 Å². The van der Waals surface area contributed by atoms with E-state index in [-0.39, 0.29) is 0 Å². The summed E-state index contributed by atoms with van der Waals surface area (Å²) in [6, 6.07) is 7.66. The molecular formula is C10H11ClN4. The van der Waals surface area contributed by atoms with Gasteiger partial charge >= 0.3 is 0 Å². The lowest BCUT2D eigenvalue weighted by atomic mass is 10.2. The van der Waals surface area contributed by atoms with Crippen molar-refractivity contribution in [1.29, 1.82) is 0 Å². The summed E-state index contributed by atoms with van der Waals surface area (Å²) in [4.78, 5) is 0. The minimum atomic E-state index is 0.428. The Morgan fingerprint density at radius 2 is 2.13 bits per heavy atom. The van der Waals surface area contributed by atoms with Crippen LogP contribution in [0.4, 0.5) is 0 Å². The van der Waals surface area contributed by atoms with Crippen LogP contribution in [-0.2, 0) is 13.1 Å². The molecule has 0 aliphatic carbocycles. The van der Waals surface area contributed by atoms with Crippen LogP contribution in [0.1, 0.15) is 11.3 Å². The van der Waals surface area contributed by atoms with E-state index in [0.29, 0.717) is 13.1 Å². The minimum absolute atomic E-state index is 0.428. The smallest absolute Gasteiger partial charge is 0.0738 e. The highest BCUT2D eigenvalue weighted by molar-refractivity contribution is 6.31. The second kappa shape index (κ2) is 4.42. The van der Waals surface area contributed by atoms with Gasteiger partial charge in [0.2, 0.25) is 0 Å². The Labute approximate surface area is 92.7 Å². The van der Waals surface area contributed by atoms with Crippen molar-refractivity contribution >= 4 is 11.6 Å². The topological polar surface area (TPSA) is 56.7 Å². The van der Waals surface area contributed by atoms with E-state index >= 15 is 0 Å². The first kappa shape index (κ1) is 10.1. The molecular weight excluding hydrogens is 212 g/mol. The maximum absolute atomic E-state index is 6.04. The zero-order valence-corrected chi connectivity index (χ0v) is 8.85. The first-order valence-electron chi connectivity index (χ1n) is 4.62. The Morgan fingerprint density at radius 1 is 1.33 bits per heavy atom. The molecule has 2 N–H and O–H groups in total. The Hall–Kier alpha value is -1.39. The second-order valence-corrected chi connectivity index (χ2v) is 3.59. The summed E-state index contributed by atoms with van der Waals surface area (Å²) in [5.74, 6) is 0. The van der Waals surface area contributed by atoms with Crippen molar-refractivity contribution in [2.75, 3.05) is 0 Å². The van der Waals surface area contributed by atoms with Crippen LogP contribution in [0.3, 0.4) is 0 Å². The number of hydrogen-bond acceptors (Lipinski definition) is 3. The van der Waals surface area contributed by atoms with Crippen LogP contribution in [0.2, 0.25) is 5.02 Å². The maximum Gasteiger partial charge on any atom is 0.0738 e. The normalized spacial score (nSPS) is 10.5. The molecule has 2 rings (SSSR count). The van der Waals surface area contributed by atoms with Crippen LogP contribution in [-0.4, -0.2) is 15.0 Å². The number of rotatable bonds is 3. The Morgan fingerprint density at radius 3 is 2.87 bits per heavy atom. The van der Waals surface area contributed by atoms with E-state index in [1.807, 2.05) is 24.3 Å². The largest absolute Gasteiger partial charge is 0.325 e. The molecule has 0 fully saturated rings. The molecule has 0 bridgehead atoms. The van der Waals surface area contributed by atoms with Gasteiger partial charge in [-0.1, -0.05) is 35.0 Å². The molecule has 0 radical (unpaired) electrons. The zero-order chi connectivity index (χ0) is 10.7. The molecule has 0 amide bonds. The Kier molecular flexibility index (Phi) is 2.99. The summed E-state index contributed by atoms with van der Waals surface area (Å²) in [5.41, 5.74) is 7.46. The van der Waals surface area contributed by atoms with Crippen molar-refractivity contribution < 1.29 is 0 Å². The molecule has 15 heavy (non-hydrogen) atoms. The molecule has 1 heterocycles. The molecule has 1 aromatic heterocycles. The number of halogens is 1. The SMILES string of the molecule is NCc1cnnn1Cc1ccccc1Cl. The molecule has 78 valence electrons. The number of nitrogens with zero attached hydrogens (tertiary/aromatic N) is 3. The van der Waals surface area contributed by atoms with E-state index in [9.17, 15) is 0 Å². The third kappa shape index (κ3) is 2.16. The number of aromatic nitrogens is 3. The molecule has 0 saturated heterocycles. The molecule has 0 spiro atoms. The van der Waals surface area contributed by atoms with Crippen LogP contribution >= 0.6 is 11.6 Å². The quantitative estimate of drug-likeness (QED) is 0.855. The number of hydrogen-bond donors (Lipinski definition) is 1. The molecule has 0 aliphatic heterocycles. The van der Waals surface area contributed by atoms with Gasteiger partial charge in [-0.05, 0) is 11.6 Å². The van der Waals surface area contributed by atoms with Crippen molar-refractivity contribution in [2.24, 2.45) is 5.73 Å². The van der Waals surface area contributed by atoms with Crippen molar-refractivity contribution in [1.82, 2.24) is 15.0 Å². The van der Waals surface area contributed by atoms with Gasteiger partial charge in [0, 0.05) is 11.6 Å². The number of nitrogens with two attached hydrogens (primary N) is 1. The average Bonchev–Trinajstić information content (AvgIpc) is 2.69. The fourth-order valence-corrected chi connectivity index (χ4v) is 1.55. The molecule has 0 unspecified atom stereocenters. The standard InChI is InChI=1S/C10H11ClN4/c11-10-4-2-1-3-8(10)7-15-9(5-12)6-13-14-15/h1-4,6H,5,7,12H2. The van der Waals surface area contributed by atoms with Crippen LogP contribution in [0.5, 0.6) is 0 Å². The van der Waals surface area contributed by atoms with E-state index in [4.69, 9.17) is 17.3 Å². The van der Waals surface area contributed by atoms with Gasteiger partial charge in [0.05, 0.1) is 18.4 Å². The van der Waals surface area contributed by atoms with Crippen molar-refractivity contribution in [3.63, 3.8) is 0 Å². The lowest BCUT2D eigenvalue weighted by Crippen LogP contribution is -2.10. The van der Waals surface area contributed by atoms with Gasteiger partial charge in [-0.25, -0.2) is 4.68 Å². The van der Waals surface area contributed by atoms with Crippen molar-refractivity contribution in [2.45, 2.75) is 13.1 Å². The summed E-state index contributed by atoms with van der Waals surface area (Å²) < 4.78 is 1.75. The average molecular weight is 223 g/mol. The fourth-order valence-electron chi connectivity index (χ4n) is 1.36. The highest BCUT2D eigenvalue weighted by Gasteiger charge is 2.04. The summed E-state index contributed by atoms with van der Waals surface area (Å²) in [6.45, 7) is 1.03. The van der Waals surface area contributed by atoms with E-state index in [2.05, 4.69) is 10.3 Å². The van der Waals surface area contributed by atoms with Crippen molar-refractivity contribution in [3.05, 3.63) is 46.7 Å². The van der Waals surface area contributed by atoms with Gasteiger partial charge < -0.3 is 5.73 Å². The van der Waals surface area contributed by atoms with Gasteiger partial charge in [0.15, 0.2) is 0 Å². The lowest BCUT2D eigenvalue weighted by Gasteiger charge is -2.05. The van der Waals surface area contributed by atoms with Crippen molar-refractivity contribution in [3.8, 4) is 0 Å². The summed E-state index contributed by atoms with van der Waals surface area (Å²) in [6.07, 6.45) is 1.66. The third-order valence-corrected chi connectivity index (χ3v) is 2.55. The maximum atomic E-state index is 6.04. The molecule has 1 aromatic carbocycles. The van der Waals surface area contributed by atoms with Crippen LogP contribution in [0.25, 0.3) is 0 Å². The molecule has 2 aromatic rings. The van der Waals surface area contributed by atoms with E-state index in [1.165, 1.54) is 0 Å². The van der Waals surface area contributed by atoms with E-state index < -0.39 is 0 Å². The molecule has 5 heteroatoms. The number of benzene rings is 1. The predicted molar refractivity (Wildman–Crippen MR) is 58.5 cm³/mol. The summed E-state index contributed by atoms with van der Waals surface area (Å²) >= 11 is 6.04. The van der Waals surface area contributed by atoms with Gasteiger partial charge in [-0.15, -0.1) is 5.10 Å². The van der Waals surface area contributed by atoms with E-state index in [0.717, 1.165) is 16.3 Å². The van der Waals surface area contributed by atoms with Gasteiger partial charge in [-0.3, -0.25) is 0 Å². The van der Waals surface area contributed by atoms with Crippen LogP contribution in [0, 0.1) is 0 Å². The van der Waals surface area contributed by atoms with Gasteiger partial charge in [-0.2, -0.15) is 0 Å². The Bertz CT molecular complexity index is 452. The molecule has 4 nitrogen and oxygen atoms in total. The third-order valence-electron chi connectivity index (χ3n) is 2.18.